The van der Waals surface area contributed by atoms with E-state index in [-0.39, 0.29) is 15.1 Å². The summed E-state index contributed by atoms with van der Waals surface area (Å²) < 4.78 is 3.89. The van der Waals surface area contributed by atoms with Crippen molar-refractivity contribution in [3.05, 3.63) is 15.1 Å². The molecule has 0 aliphatic heterocycles. The molecule has 2 nitrogen and oxygen atoms in total. The molecule has 0 amide bonds. The molecule has 0 N–H and O–H groups in total. The van der Waals surface area contributed by atoms with Crippen molar-refractivity contribution >= 4 is 51.6 Å². The van der Waals surface area contributed by atoms with Crippen LogP contribution in [-0.4, -0.2) is 9.62 Å². The molecule has 0 aromatic carbocycles. The smallest absolute Gasteiger partial charge is 0.273 e. The van der Waals surface area contributed by atoms with Gasteiger partial charge in [-0.05, 0) is 23.1 Å². The van der Waals surface area contributed by atoms with Crippen LogP contribution in [-0.2, 0) is 0 Å². The number of halogens is 3. The highest BCUT2D eigenvalue weighted by Crippen LogP contribution is 2.29. The minimum absolute atomic E-state index is 0.0262. The van der Waals surface area contributed by atoms with Gasteiger partial charge in [-0.15, -0.1) is 0 Å². The van der Waals surface area contributed by atoms with Crippen molar-refractivity contribution < 1.29 is 4.79 Å². The first kappa shape index (κ1) is 8.27. The van der Waals surface area contributed by atoms with E-state index in [1.165, 1.54) is 0 Å². The van der Waals surface area contributed by atoms with Crippen molar-refractivity contribution in [2.45, 2.75) is 0 Å². The van der Waals surface area contributed by atoms with E-state index >= 15 is 0 Å². The maximum Gasteiger partial charge on any atom is 0.273 e. The van der Waals surface area contributed by atoms with Crippen molar-refractivity contribution in [3.8, 4) is 0 Å². The van der Waals surface area contributed by atoms with Gasteiger partial charge in [0, 0.05) is 0 Å². The summed E-state index contributed by atoms with van der Waals surface area (Å²) >= 11 is 17.0. The van der Waals surface area contributed by atoms with Gasteiger partial charge >= 0.3 is 0 Å². The first-order valence-electron chi connectivity index (χ1n) is 2.13. The number of carbonyl (C=O) groups is 1. The first-order valence-corrected chi connectivity index (χ1v) is 4.04. The Labute approximate surface area is 75.9 Å². The van der Waals surface area contributed by atoms with Crippen molar-refractivity contribution in [3.63, 3.8) is 0 Å². The highest BCUT2D eigenvalue weighted by molar-refractivity contribution is 7.11. The Hall–Kier alpha value is 0.170. The summed E-state index contributed by atoms with van der Waals surface area (Å²) in [7, 11) is 0. The van der Waals surface area contributed by atoms with Gasteiger partial charge in [-0.1, -0.05) is 23.2 Å². The summed E-state index contributed by atoms with van der Waals surface area (Å²) in [6.45, 7) is 0. The van der Waals surface area contributed by atoms with E-state index in [0.717, 1.165) is 11.5 Å². The van der Waals surface area contributed by atoms with Gasteiger partial charge in [0.2, 0.25) is 0 Å². The number of nitrogens with zero attached hydrogens (tertiary/aromatic N) is 1. The van der Waals surface area contributed by atoms with Crippen molar-refractivity contribution in [2.24, 2.45) is 0 Å². The van der Waals surface area contributed by atoms with Crippen molar-refractivity contribution in [2.75, 3.05) is 0 Å². The minimum atomic E-state index is -0.687. The zero-order chi connectivity index (χ0) is 7.72. The highest BCUT2D eigenvalue weighted by atomic mass is 35.5. The molecule has 54 valence electrons. The van der Waals surface area contributed by atoms with E-state index in [1.807, 2.05) is 0 Å². The number of hydrogen-bond acceptors (Lipinski definition) is 3. The largest absolute Gasteiger partial charge is 0.274 e. The molecule has 6 heteroatoms. The number of rotatable bonds is 1. The van der Waals surface area contributed by atoms with Crippen LogP contribution in [0.15, 0.2) is 0 Å². The molecule has 1 aromatic rings. The average molecular weight is 216 g/mol. The summed E-state index contributed by atoms with van der Waals surface area (Å²) in [6.07, 6.45) is 0. The topological polar surface area (TPSA) is 30.0 Å². The Bertz CT molecular complexity index is 271. The van der Waals surface area contributed by atoms with Crippen LogP contribution in [0, 0.1) is 0 Å². The lowest BCUT2D eigenvalue weighted by atomic mass is 10.5. The fourth-order valence-electron chi connectivity index (χ4n) is 0.381. The van der Waals surface area contributed by atoms with E-state index < -0.39 is 5.24 Å². The Morgan fingerprint density at radius 2 is 2.10 bits per heavy atom. The molecule has 0 aliphatic carbocycles. The summed E-state index contributed by atoms with van der Waals surface area (Å²) in [4.78, 5) is 10.4. The number of hydrogen-bond donors (Lipinski definition) is 0. The monoisotopic (exact) mass is 215 g/mol. The summed E-state index contributed by atoms with van der Waals surface area (Å²) in [5.41, 5.74) is 0.0262. The second-order valence-electron chi connectivity index (χ2n) is 1.39. The molecule has 0 bridgehead atoms. The Morgan fingerprint density at radius 1 is 1.50 bits per heavy atom. The third-order valence-corrected chi connectivity index (χ3v) is 2.57. The van der Waals surface area contributed by atoms with E-state index in [2.05, 4.69) is 4.37 Å². The standard InChI is InChI=1S/C4Cl3NOS/c5-1-2(3(6)9)8-10-4(1)7. The van der Waals surface area contributed by atoms with Crippen LogP contribution in [0.3, 0.4) is 0 Å². The molecule has 1 rings (SSSR count). The first-order chi connectivity index (χ1) is 4.63. The molecule has 1 heterocycles. The predicted molar refractivity (Wildman–Crippen MR) is 42.3 cm³/mol. The highest BCUT2D eigenvalue weighted by Gasteiger charge is 2.14. The molecule has 0 atom stereocenters. The third-order valence-electron chi connectivity index (χ3n) is 0.784. The maximum absolute atomic E-state index is 10.4. The molecule has 0 saturated heterocycles. The van der Waals surface area contributed by atoms with Crippen molar-refractivity contribution in [1.29, 1.82) is 0 Å². The molecule has 0 unspecified atom stereocenters. The zero-order valence-electron chi connectivity index (χ0n) is 4.40. The van der Waals surface area contributed by atoms with Crippen LogP contribution in [0.5, 0.6) is 0 Å². The zero-order valence-corrected chi connectivity index (χ0v) is 7.48. The lowest BCUT2D eigenvalue weighted by Crippen LogP contribution is -1.87. The molecule has 0 radical (unpaired) electrons. The van der Waals surface area contributed by atoms with E-state index in [4.69, 9.17) is 34.8 Å². The minimum Gasteiger partial charge on any atom is -0.274 e. The van der Waals surface area contributed by atoms with Gasteiger partial charge in [-0.25, -0.2) is 0 Å². The molecule has 0 spiro atoms. The fourth-order valence-corrected chi connectivity index (χ4v) is 1.61. The number of aromatic nitrogens is 1. The van der Waals surface area contributed by atoms with Crippen LogP contribution < -0.4 is 0 Å². The van der Waals surface area contributed by atoms with Gasteiger partial charge in [0.15, 0.2) is 5.69 Å². The van der Waals surface area contributed by atoms with Gasteiger partial charge in [-0.3, -0.25) is 4.79 Å². The predicted octanol–water partition coefficient (Wildman–Crippen LogP) is 2.83. The van der Waals surface area contributed by atoms with E-state index in [1.54, 1.807) is 0 Å². The SMILES string of the molecule is O=C(Cl)c1nsc(Cl)c1Cl. The second-order valence-corrected chi connectivity index (χ2v) is 3.49. The Morgan fingerprint density at radius 3 is 2.30 bits per heavy atom. The average Bonchev–Trinajstić information content (AvgIpc) is 2.14. The molecule has 0 saturated carbocycles. The van der Waals surface area contributed by atoms with Gasteiger partial charge in [0.05, 0.1) is 0 Å². The maximum atomic E-state index is 10.4. The normalized spacial score (nSPS) is 9.90. The lowest BCUT2D eigenvalue weighted by Gasteiger charge is -1.83. The number of carbonyl (C=O) groups excluding carboxylic acids is 1. The molecule has 1 aromatic heterocycles. The molecule has 0 aliphatic rings. The van der Waals surface area contributed by atoms with Gasteiger partial charge < -0.3 is 0 Å². The van der Waals surface area contributed by atoms with E-state index in [0.29, 0.717) is 0 Å². The third kappa shape index (κ3) is 1.42. The lowest BCUT2D eigenvalue weighted by molar-refractivity contribution is 0.107. The van der Waals surface area contributed by atoms with Gasteiger partial charge in [0.25, 0.3) is 5.24 Å². The summed E-state index contributed by atoms with van der Waals surface area (Å²) in [5, 5.41) is -0.556. The fraction of sp³-hybridized carbons (Fsp3) is 0. The van der Waals surface area contributed by atoms with Gasteiger partial charge in [-0.2, -0.15) is 4.37 Å². The summed E-state index contributed by atoms with van der Waals surface area (Å²) in [6, 6.07) is 0. The Balaban J connectivity index is 3.17. The molecule has 0 fully saturated rings. The van der Waals surface area contributed by atoms with Crippen LogP contribution >= 0.6 is 46.3 Å². The van der Waals surface area contributed by atoms with E-state index in [9.17, 15) is 4.79 Å². The van der Waals surface area contributed by atoms with Crippen LogP contribution in [0.2, 0.25) is 9.36 Å². The second kappa shape index (κ2) is 3.05. The van der Waals surface area contributed by atoms with Crippen LogP contribution in [0.1, 0.15) is 10.5 Å². The van der Waals surface area contributed by atoms with Crippen molar-refractivity contribution in [1.82, 2.24) is 4.37 Å². The quantitative estimate of drug-likeness (QED) is 0.676. The molecule has 10 heavy (non-hydrogen) atoms. The molecular formula is C4Cl3NOS. The summed E-state index contributed by atoms with van der Waals surface area (Å²) in [5.74, 6) is 0. The van der Waals surface area contributed by atoms with Gasteiger partial charge in [0.1, 0.15) is 9.36 Å². The van der Waals surface area contributed by atoms with Crippen LogP contribution in [0.4, 0.5) is 0 Å². The Kier molecular flexibility index (Phi) is 2.52. The molecular weight excluding hydrogens is 216 g/mol. The van der Waals surface area contributed by atoms with Crippen LogP contribution in [0.25, 0.3) is 0 Å².